The van der Waals surface area contributed by atoms with Crippen LogP contribution in [0.25, 0.3) is 0 Å². The van der Waals surface area contributed by atoms with Crippen molar-refractivity contribution in [2.75, 3.05) is 0 Å². The van der Waals surface area contributed by atoms with Gasteiger partial charge in [0.05, 0.1) is 0 Å². The third-order valence-corrected chi connectivity index (χ3v) is 5.40. The molecule has 0 fully saturated rings. The van der Waals surface area contributed by atoms with Crippen molar-refractivity contribution >= 4 is 28.5 Å². The second-order valence-electron chi connectivity index (χ2n) is 4.24. The molecule has 0 atom stereocenters. The van der Waals surface area contributed by atoms with Crippen molar-refractivity contribution in [3.05, 3.63) is 0 Å². The number of nitrogens with zero attached hydrogens (tertiary/aromatic N) is 2. The van der Waals surface area contributed by atoms with Crippen molar-refractivity contribution in [1.82, 2.24) is 3.86 Å². The van der Waals surface area contributed by atoms with Gasteiger partial charge in [-0.1, -0.05) is 0 Å². The first-order valence-corrected chi connectivity index (χ1v) is 7.23. The SMILES string of the molecule is CC(C)N=C(CCC(=O)O)[N]([GeH3])C(C)C. The molecule has 0 saturated heterocycles. The first-order valence-electron chi connectivity index (χ1n) is 5.36. The standard InChI is InChI=1S/C10H22GeN2O2/c1-7(2)12-9(5-6-10(14)15)13(11)8(3)4/h7-8H,5-6H2,1-4,11H3,(H,14,15). The number of carboxylic acid groups (broad SMARTS) is 1. The van der Waals surface area contributed by atoms with Crippen molar-refractivity contribution < 1.29 is 9.90 Å². The van der Waals surface area contributed by atoms with Crippen LogP contribution in [0.15, 0.2) is 4.99 Å². The molecule has 0 radical (unpaired) electrons. The van der Waals surface area contributed by atoms with Gasteiger partial charge in [0.25, 0.3) is 0 Å². The van der Waals surface area contributed by atoms with Gasteiger partial charge in [-0.3, -0.25) is 0 Å². The Kier molecular flexibility index (Phi) is 6.64. The topological polar surface area (TPSA) is 52.9 Å². The van der Waals surface area contributed by atoms with Gasteiger partial charge in [0.15, 0.2) is 0 Å². The van der Waals surface area contributed by atoms with E-state index in [0.717, 1.165) is 5.84 Å². The number of carboxylic acids is 1. The van der Waals surface area contributed by atoms with Crippen LogP contribution in [0.4, 0.5) is 0 Å². The van der Waals surface area contributed by atoms with Crippen LogP contribution in [0.1, 0.15) is 40.5 Å². The summed E-state index contributed by atoms with van der Waals surface area (Å²) in [4.78, 5) is 15.0. The molecule has 88 valence electrons. The van der Waals surface area contributed by atoms with E-state index in [-0.39, 0.29) is 12.5 Å². The molecule has 0 aliphatic carbocycles. The normalized spacial score (nSPS) is 12.5. The Balaban J connectivity index is 4.51. The van der Waals surface area contributed by atoms with Crippen LogP contribution in [0.2, 0.25) is 0 Å². The Morgan fingerprint density at radius 1 is 1.33 bits per heavy atom. The van der Waals surface area contributed by atoms with Gasteiger partial charge in [-0.15, -0.1) is 0 Å². The Bertz CT molecular complexity index is 240. The molecule has 0 amide bonds. The summed E-state index contributed by atoms with van der Waals surface area (Å²) >= 11 is 0.507. The molecule has 5 heteroatoms. The maximum absolute atomic E-state index is 10.5. The molecule has 0 heterocycles. The molecule has 0 rings (SSSR count). The molecule has 0 spiro atoms. The summed E-state index contributed by atoms with van der Waals surface area (Å²) in [6.45, 7) is 8.26. The molecule has 0 aliphatic rings. The van der Waals surface area contributed by atoms with E-state index in [4.69, 9.17) is 5.11 Å². The van der Waals surface area contributed by atoms with Gasteiger partial charge in [-0.2, -0.15) is 0 Å². The number of rotatable bonds is 5. The van der Waals surface area contributed by atoms with Gasteiger partial charge in [-0.05, 0) is 0 Å². The molecule has 15 heavy (non-hydrogen) atoms. The van der Waals surface area contributed by atoms with Crippen molar-refractivity contribution in [3.63, 3.8) is 0 Å². The van der Waals surface area contributed by atoms with Crippen LogP contribution in [-0.2, 0) is 4.79 Å². The first kappa shape index (κ1) is 14.5. The minimum atomic E-state index is -0.754. The van der Waals surface area contributed by atoms with E-state index >= 15 is 0 Å². The summed E-state index contributed by atoms with van der Waals surface area (Å²) in [5.41, 5.74) is 0. The van der Waals surface area contributed by atoms with Crippen LogP contribution in [-0.4, -0.2) is 49.6 Å². The predicted molar refractivity (Wildman–Crippen MR) is 66.4 cm³/mol. The third-order valence-electron chi connectivity index (χ3n) is 2.15. The zero-order valence-corrected chi connectivity index (χ0v) is 14.5. The van der Waals surface area contributed by atoms with Gasteiger partial charge in [0.1, 0.15) is 0 Å². The number of hydrogen-bond donors (Lipinski definition) is 1. The Morgan fingerprint density at radius 2 is 1.87 bits per heavy atom. The van der Waals surface area contributed by atoms with E-state index < -0.39 is 5.97 Å². The second-order valence-corrected chi connectivity index (χ2v) is 6.26. The number of carbonyl (C=O) groups is 1. The minimum absolute atomic E-state index is 0.171. The van der Waals surface area contributed by atoms with E-state index in [0.29, 0.717) is 29.2 Å². The Labute approximate surface area is 100 Å². The summed E-state index contributed by atoms with van der Waals surface area (Å²) in [6, 6.07) is 0.661. The second kappa shape index (κ2) is 6.87. The fraction of sp³-hybridized carbons (Fsp3) is 0.800. The quantitative estimate of drug-likeness (QED) is 0.455. The summed E-state index contributed by atoms with van der Waals surface area (Å²) in [5.74, 6) is 0.207. The van der Waals surface area contributed by atoms with Crippen LogP contribution in [0, 0.1) is 0 Å². The molecule has 4 nitrogen and oxygen atoms in total. The first-order chi connectivity index (χ1) is 6.84. The molecule has 1 N–H and O–H groups in total. The number of aliphatic imine (C=N–C) groups is 1. The molecule has 0 aromatic heterocycles. The molecule has 0 aliphatic heterocycles. The zero-order chi connectivity index (χ0) is 12.0. The average Bonchev–Trinajstić information content (AvgIpc) is 2.10. The van der Waals surface area contributed by atoms with Gasteiger partial charge < -0.3 is 0 Å². The molecular weight excluding hydrogens is 253 g/mol. The fourth-order valence-corrected chi connectivity index (χ4v) is 1.86. The summed E-state index contributed by atoms with van der Waals surface area (Å²) in [7, 11) is 0. The third kappa shape index (κ3) is 6.54. The molecule has 0 aromatic carbocycles. The molecule has 0 saturated carbocycles. The van der Waals surface area contributed by atoms with E-state index in [2.05, 4.69) is 22.7 Å². The van der Waals surface area contributed by atoms with Gasteiger partial charge >= 0.3 is 99.9 Å². The summed E-state index contributed by atoms with van der Waals surface area (Å²) < 4.78 is 2.22. The Morgan fingerprint density at radius 3 is 2.20 bits per heavy atom. The van der Waals surface area contributed by atoms with Crippen LogP contribution < -0.4 is 0 Å². The predicted octanol–water partition coefficient (Wildman–Crippen LogP) is 0.649. The van der Waals surface area contributed by atoms with E-state index in [1.54, 1.807) is 0 Å². The zero-order valence-electron chi connectivity index (χ0n) is 10.3. The Hall–Kier alpha value is -0.517. The molecule has 0 aromatic rings. The van der Waals surface area contributed by atoms with Crippen molar-refractivity contribution in [3.8, 4) is 0 Å². The monoisotopic (exact) mass is 276 g/mol. The maximum atomic E-state index is 10.5. The van der Waals surface area contributed by atoms with Gasteiger partial charge in [0, 0.05) is 0 Å². The average molecular weight is 275 g/mol. The number of hydrogen-bond acceptors (Lipinski definition) is 2. The summed E-state index contributed by atoms with van der Waals surface area (Å²) in [6.07, 6.45) is 0.721. The van der Waals surface area contributed by atoms with Crippen molar-refractivity contribution in [1.29, 1.82) is 0 Å². The molecule has 0 bridgehead atoms. The van der Waals surface area contributed by atoms with Gasteiger partial charge in [0.2, 0.25) is 0 Å². The summed E-state index contributed by atoms with van der Waals surface area (Å²) in [5, 5.41) is 8.66. The van der Waals surface area contributed by atoms with Crippen molar-refractivity contribution in [2.24, 2.45) is 4.99 Å². The number of amidine groups is 1. The van der Waals surface area contributed by atoms with Crippen LogP contribution >= 0.6 is 0 Å². The molecule has 0 unspecified atom stereocenters. The number of aliphatic carboxylic acids is 1. The fourth-order valence-electron chi connectivity index (χ4n) is 1.15. The van der Waals surface area contributed by atoms with Crippen LogP contribution in [0.3, 0.4) is 0 Å². The van der Waals surface area contributed by atoms with Gasteiger partial charge in [-0.25, -0.2) is 0 Å². The van der Waals surface area contributed by atoms with Crippen molar-refractivity contribution in [2.45, 2.75) is 52.6 Å². The van der Waals surface area contributed by atoms with Crippen LogP contribution in [0.5, 0.6) is 0 Å². The van der Waals surface area contributed by atoms with E-state index in [1.807, 2.05) is 13.8 Å². The van der Waals surface area contributed by atoms with E-state index in [1.165, 1.54) is 0 Å². The van der Waals surface area contributed by atoms with E-state index in [9.17, 15) is 4.79 Å². The molecular formula is C10H22GeN2O2.